The van der Waals surface area contributed by atoms with E-state index in [0.717, 1.165) is 0 Å². The van der Waals surface area contributed by atoms with E-state index in [4.69, 9.17) is 15.1 Å². The van der Waals surface area contributed by atoms with Gasteiger partial charge in [-0.2, -0.15) is 0 Å². The van der Waals surface area contributed by atoms with Gasteiger partial charge in [0, 0.05) is 0 Å². The summed E-state index contributed by atoms with van der Waals surface area (Å²) in [6.07, 6.45) is 0. The van der Waals surface area contributed by atoms with Crippen molar-refractivity contribution < 1.29 is 15.1 Å². The molecule has 6 heteroatoms. The first-order valence-electron chi connectivity index (χ1n) is 0.707. The van der Waals surface area contributed by atoms with Crippen molar-refractivity contribution in [3.8, 4) is 0 Å². The maximum Gasteiger partial charge on any atom is 2.00 e. The molecule has 0 aromatic heterocycles. The van der Waals surface area contributed by atoms with E-state index in [2.05, 4.69) is 0 Å². The normalized spacial score (nSPS) is 4.50. The van der Waals surface area contributed by atoms with Crippen molar-refractivity contribution in [2.24, 2.45) is 0 Å². The first kappa shape index (κ1) is 15.9. The molecule has 0 N–H and O–H groups in total. The van der Waals surface area contributed by atoms with Crippen molar-refractivity contribution >= 4 is 90.5 Å². The molecule has 0 radical (unpaired) electrons. The smallest absolute Gasteiger partial charge is 0.907 e. The van der Waals surface area contributed by atoms with Gasteiger partial charge in [0.1, 0.15) is 0 Å². The van der Waals surface area contributed by atoms with Gasteiger partial charge in [-0.25, -0.2) is 0 Å². The molecule has 0 aliphatic carbocycles. The fraction of sp³-hybridized carbons (Fsp3) is 0. The first-order valence-corrected chi connectivity index (χ1v) is 0.707. The minimum Gasteiger partial charge on any atom is -0.907 e. The molecule has 0 saturated carbocycles. The molecule has 0 fully saturated rings. The van der Waals surface area contributed by atoms with Gasteiger partial charge in [-0.1, -0.05) is 0 Å². The third kappa shape index (κ3) is 30.0. The van der Waals surface area contributed by atoms with E-state index in [0.29, 0.717) is 0 Å². The second kappa shape index (κ2) is 10.6. The summed E-state index contributed by atoms with van der Waals surface area (Å²) in [6.45, 7) is 0. The van der Waals surface area contributed by atoms with Crippen LogP contribution in [0.1, 0.15) is 0 Å². The van der Waals surface area contributed by atoms with E-state index in [1.165, 1.54) is 0 Å². The Morgan fingerprint density at radius 3 is 1.00 bits per heavy atom. The summed E-state index contributed by atoms with van der Waals surface area (Å²) in [5, 5.41) is 25.2. The summed E-state index contributed by atoms with van der Waals surface area (Å²) in [5.41, 5.74) is 0. The molecular formula is BCaO3Sr+. The van der Waals surface area contributed by atoms with E-state index >= 15 is 0 Å². The third-order valence-electron chi connectivity index (χ3n) is 0. The molecule has 0 unspecified atom stereocenters. The summed E-state index contributed by atoms with van der Waals surface area (Å²) < 4.78 is 0. The summed E-state index contributed by atoms with van der Waals surface area (Å²) in [4.78, 5) is 0. The molecule has 0 rings (SSSR count). The van der Waals surface area contributed by atoms with Gasteiger partial charge in [-0.3, -0.25) is 7.32 Å². The molecule has 0 heterocycles. The van der Waals surface area contributed by atoms with Crippen LogP contribution in [0.4, 0.5) is 0 Å². The Hall–Kier alpha value is 2.69. The minimum absolute atomic E-state index is 0. The molecule has 0 spiro atoms. The minimum atomic E-state index is -2.92. The largest absolute Gasteiger partial charge is 2.00 e. The molecule has 6 heavy (non-hydrogen) atoms. The van der Waals surface area contributed by atoms with Crippen LogP contribution in [0.25, 0.3) is 0 Å². The van der Waals surface area contributed by atoms with Gasteiger partial charge >= 0.3 is 83.2 Å². The van der Waals surface area contributed by atoms with Gasteiger partial charge in [0.2, 0.25) is 0 Å². The Bertz CT molecular complexity index is 15.5. The van der Waals surface area contributed by atoms with Crippen molar-refractivity contribution in [1.82, 2.24) is 0 Å². The maximum absolute atomic E-state index is 8.42. The van der Waals surface area contributed by atoms with Gasteiger partial charge in [0.05, 0.1) is 0 Å². The van der Waals surface area contributed by atoms with Crippen molar-refractivity contribution in [3.05, 3.63) is 0 Å². The number of hydrogen-bond donors (Lipinski definition) is 0. The number of rotatable bonds is 0. The summed E-state index contributed by atoms with van der Waals surface area (Å²) >= 11 is 0. The van der Waals surface area contributed by atoms with Crippen LogP contribution in [0.2, 0.25) is 0 Å². The molecule has 0 aliphatic rings. The topological polar surface area (TPSA) is 69.2 Å². The van der Waals surface area contributed by atoms with Gasteiger partial charge in [-0.15, -0.1) is 0 Å². The molecule has 0 aromatic rings. The van der Waals surface area contributed by atoms with Gasteiger partial charge in [0.25, 0.3) is 0 Å². The van der Waals surface area contributed by atoms with Crippen LogP contribution >= 0.6 is 0 Å². The zero-order chi connectivity index (χ0) is 3.58. The molecular weight excluding hydrogens is 187 g/mol. The zero-order valence-corrected chi connectivity index (χ0v) is 8.90. The molecule has 0 saturated heterocycles. The van der Waals surface area contributed by atoms with E-state index < -0.39 is 7.32 Å². The summed E-state index contributed by atoms with van der Waals surface area (Å²) in [5.74, 6) is 0. The van der Waals surface area contributed by atoms with Gasteiger partial charge in [0.15, 0.2) is 0 Å². The number of hydrogen-bond acceptors (Lipinski definition) is 3. The van der Waals surface area contributed by atoms with E-state index in [1.807, 2.05) is 0 Å². The Labute approximate surface area is 103 Å². The first-order chi connectivity index (χ1) is 1.73. The molecule has 0 aliphatic heterocycles. The van der Waals surface area contributed by atoms with Crippen LogP contribution in [0.15, 0.2) is 0 Å². The second-order valence-electron chi connectivity index (χ2n) is 0.289. The average Bonchev–Trinajstić information content (AvgIpc) is 0.811. The summed E-state index contributed by atoms with van der Waals surface area (Å²) in [6, 6.07) is 0. The molecule has 3 nitrogen and oxygen atoms in total. The van der Waals surface area contributed by atoms with Crippen molar-refractivity contribution in [1.29, 1.82) is 0 Å². The maximum atomic E-state index is 8.42. The van der Waals surface area contributed by atoms with Crippen molar-refractivity contribution in [3.63, 3.8) is 0 Å². The molecule has 0 amide bonds. The zero-order valence-electron chi connectivity index (χ0n) is 3.22. The Balaban J connectivity index is -0.0000000450. The van der Waals surface area contributed by atoms with Crippen LogP contribution in [0.3, 0.4) is 0 Å². The summed E-state index contributed by atoms with van der Waals surface area (Å²) in [7, 11) is -2.92. The van der Waals surface area contributed by atoms with Gasteiger partial charge < -0.3 is 15.1 Å². The third-order valence-corrected chi connectivity index (χ3v) is 0. The molecule has 0 bridgehead atoms. The standard InChI is InChI=1S/BO3.Ca.Sr/c2-1(3)4;;/q-3;2*+2. The molecule has 0 atom stereocenters. The Kier molecular flexibility index (Phi) is 28.1. The van der Waals surface area contributed by atoms with Crippen LogP contribution in [0.5, 0.6) is 0 Å². The fourth-order valence-corrected chi connectivity index (χ4v) is 0. The Morgan fingerprint density at radius 2 is 1.00 bits per heavy atom. The van der Waals surface area contributed by atoms with Crippen LogP contribution in [0, 0.1) is 0 Å². The van der Waals surface area contributed by atoms with Crippen LogP contribution in [-0.4, -0.2) is 90.5 Å². The van der Waals surface area contributed by atoms with E-state index in [-0.39, 0.29) is 83.2 Å². The van der Waals surface area contributed by atoms with Crippen LogP contribution in [-0.2, 0) is 0 Å². The van der Waals surface area contributed by atoms with Crippen LogP contribution < -0.4 is 15.1 Å². The molecule has 24 valence electrons. The van der Waals surface area contributed by atoms with Crippen molar-refractivity contribution in [2.75, 3.05) is 0 Å². The second-order valence-corrected chi connectivity index (χ2v) is 0.289. The predicted octanol–water partition coefficient (Wildman–Crippen LogP) is -4.71. The quantitative estimate of drug-likeness (QED) is 0.357. The monoisotopic (exact) mass is 187 g/mol. The van der Waals surface area contributed by atoms with E-state index in [1.54, 1.807) is 0 Å². The van der Waals surface area contributed by atoms with Gasteiger partial charge in [-0.05, 0) is 0 Å². The SMILES string of the molecule is [Ca+2].[O-]B([O-])[O-].[Sr+2]. The fourth-order valence-electron chi connectivity index (χ4n) is 0. The molecule has 0 aromatic carbocycles. The Morgan fingerprint density at radius 1 is 1.00 bits per heavy atom. The predicted molar refractivity (Wildman–Crippen MR) is 17.3 cm³/mol. The van der Waals surface area contributed by atoms with Crippen molar-refractivity contribution in [2.45, 2.75) is 0 Å². The van der Waals surface area contributed by atoms with E-state index in [9.17, 15) is 0 Å². The average molecular weight is 187 g/mol.